The first-order valence-corrected chi connectivity index (χ1v) is 9.92. The summed E-state index contributed by atoms with van der Waals surface area (Å²) in [5.74, 6) is 0.257. The fourth-order valence-electron chi connectivity index (χ4n) is 3.38. The molecule has 0 unspecified atom stereocenters. The minimum Gasteiger partial charge on any atom is -0.460 e. The van der Waals surface area contributed by atoms with Gasteiger partial charge >= 0.3 is 5.97 Å². The van der Waals surface area contributed by atoms with Crippen molar-refractivity contribution in [2.45, 2.75) is 19.9 Å². The standard InChI is InChI=1S/C23H19N3O6/c1-15-24-19-9-3-2-8-18(19)22(27)25(15)12-5-13-31-23(28)21-11-10-20(32-21)16-6-4-7-17(14-16)26(29)30/h2-4,6-11,14H,5,12-13H2,1H3. The van der Waals surface area contributed by atoms with Crippen molar-refractivity contribution in [3.63, 3.8) is 0 Å². The van der Waals surface area contributed by atoms with Gasteiger partial charge in [-0.2, -0.15) is 0 Å². The Labute approximate surface area is 182 Å². The molecule has 0 radical (unpaired) electrons. The van der Waals surface area contributed by atoms with Crippen LogP contribution in [0.1, 0.15) is 22.8 Å². The van der Waals surface area contributed by atoms with Crippen LogP contribution in [0, 0.1) is 17.0 Å². The van der Waals surface area contributed by atoms with Crippen molar-refractivity contribution in [3.05, 3.63) is 92.7 Å². The lowest BCUT2D eigenvalue weighted by Gasteiger charge is -2.10. The summed E-state index contributed by atoms with van der Waals surface area (Å²) in [6.07, 6.45) is 0.422. The number of nitro groups is 1. The van der Waals surface area contributed by atoms with Crippen LogP contribution in [-0.4, -0.2) is 27.1 Å². The lowest BCUT2D eigenvalue weighted by Crippen LogP contribution is -2.24. The SMILES string of the molecule is Cc1nc2ccccc2c(=O)n1CCCOC(=O)c1ccc(-c2cccc([N+](=O)[O-])c2)o1. The first kappa shape index (κ1) is 21.0. The van der Waals surface area contributed by atoms with E-state index in [1.807, 2.05) is 6.07 Å². The van der Waals surface area contributed by atoms with Gasteiger partial charge in [0.25, 0.3) is 11.2 Å². The van der Waals surface area contributed by atoms with E-state index in [2.05, 4.69) is 4.98 Å². The van der Waals surface area contributed by atoms with Gasteiger partial charge in [0.05, 0.1) is 22.4 Å². The lowest BCUT2D eigenvalue weighted by atomic mass is 10.1. The Balaban J connectivity index is 1.37. The Morgan fingerprint density at radius 2 is 1.97 bits per heavy atom. The van der Waals surface area contributed by atoms with E-state index in [0.717, 1.165) is 0 Å². The molecule has 0 aliphatic carbocycles. The van der Waals surface area contributed by atoms with Crippen molar-refractivity contribution in [1.29, 1.82) is 0 Å². The van der Waals surface area contributed by atoms with E-state index >= 15 is 0 Å². The summed E-state index contributed by atoms with van der Waals surface area (Å²) in [5, 5.41) is 11.5. The highest BCUT2D eigenvalue weighted by atomic mass is 16.6. The molecule has 0 fully saturated rings. The lowest BCUT2D eigenvalue weighted by molar-refractivity contribution is -0.384. The van der Waals surface area contributed by atoms with Gasteiger partial charge in [-0.05, 0) is 37.6 Å². The van der Waals surface area contributed by atoms with Gasteiger partial charge in [0, 0.05) is 24.2 Å². The minimum absolute atomic E-state index is 0.00720. The Morgan fingerprint density at radius 3 is 2.78 bits per heavy atom. The molecule has 0 N–H and O–H groups in total. The summed E-state index contributed by atoms with van der Waals surface area (Å²) in [5.41, 5.74) is 0.927. The number of furan rings is 1. The van der Waals surface area contributed by atoms with Crippen LogP contribution in [0.4, 0.5) is 5.69 Å². The maximum atomic E-state index is 12.7. The van der Waals surface area contributed by atoms with E-state index in [1.165, 1.54) is 18.2 Å². The molecule has 9 nitrogen and oxygen atoms in total. The summed E-state index contributed by atoms with van der Waals surface area (Å²) in [6, 6.07) is 16.1. The monoisotopic (exact) mass is 433 g/mol. The second-order valence-electron chi connectivity index (χ2n) is 7.09. The van der Waals surface area contributed by atoms with Gasteiger partial charge in [-0.15, -0.1) is 0 Å². The van der Waals surface area contributed by atoms with E-state index in [9.17, 15) is 19.7 Å². The topological polar surface area (TPSA) is 117 Å². The number of rotatable bonds is 7. The van der Waals surface area contributed by atoms with Crippen molar-refractivity contribution >= 4 is 22.6 Å². The van der Waals surface area contributed by atoms with Crippen molar-refractivity contribution in [2.24, 2.45) is 0 Å². The molecule has 4 rings (SSSR count). The van der Waals surface area contributed by atoms with Gasteiger partial charge in [0.1, 0.15) is 11.6 Å². The van der Waals surface area contributed by atoms with E-state index in [-0.39, 0.29) is 23.6 Å². The van der Waals surface area contributed by atoms with Crippen LogP contribution in [-0.2, 0) is 11.3 Å². The second kappa shape index (κ2) is 8.84. The van der Waals surface area contributed by atoms with E-state index in [4.69, 9.17) is 9.15 Å². The van der Waals surface area contributed by atoms with Gasteiger partial charge < -0.3 is 9.15 Å². The zero-order chi connectivity index (χ0) is 22.7. The van der Waals surface area contributed by atoms with Gasteiger partial charge in [-0.3, -0.25) is 19.5 Å². The Morgan fingerprint density at radius 1 is 1.16 bits per heavy atom. The van der Waals surface area contributed by atoms with E-state index in [1.54, 1.807) is 47.9 Å². The van der Waals surface area contributed by atoms with Gasteiger partial charge in [-0.1, -0.05) is 24.3 Å². The molecule has 0 aliphatic heterocycles. The molecule has 162 valence electrons. The summed E-state index contributed by atoms with van der Waals surface area (Å²) in [6.45, 7) is 2.20. The van der Waals surface area contributed by atoms with E-state index < -0.39 is 10.9 Å². The third kappa shape index (κ3) is 4.27. The van der Waals surface area contributed by atoms with Crippen LogP contribution in [0.5, 0.6) is 0 Å². The molecule has 0 atom stereocenters. The molecular weight excluding hydrogens is 414 g/mol. The highest BCUT2D eigenvalue weighted by molar-refractivity contribution is 5.87. The molecule has 0 amide bonds. The average Bonchev–Trinajstić information content (AvgIpc) is 3.29. The van der Waals surface area contributed by atoms with Crippen molar-refractivity contribution in [3.8, 4) is 11.3 Å². The quantitative estimate of drug-likeness (QED) is 0.186. The zero-order valence-electron chi connectivity index (χ0n) is 17.2. The minimum atomic E-state index is -0.651. The maximum Gasteiger partial charge on any atom is 0.374 e. The average molecular weight is 433 g/mol. The molecule has 0 spiro atoms. The van der Waals surface area contributed by atoms with Crippen LogP contribution in [0.25, 0.3) is 22.2 Å². The molecule has 0 saturated carbocycles. The third-order valence-corrected chi connectivity index (χ3v) is 4.96. The summed E-state index contributed by atoms with van der Waals surface area (Å²) in [4.78, 5) is 39.8. The van der Waals surface area contributed by atoms with Crippen molar-refractivity contribution < 1.29 is 18.9 Å². The highest BCUT2D eigenvalue weighted by Crippen LogP contribution is 2.26. The van der Waals surface area contributed by atoms with Gasteiger partial charge in [-0.25, -0.2) is 9.78 Å². The Hall–Kier alpha value is -4.27. The van der Waals surface area contributed by atoms with Crippen LogP contribution < -0.4 is 5.56 Å². The number of hydrogen-bond donors (Lipinski definition) is 0. The molecule has 2 aromatic carbocycles. The number of nitro benzene ring substituents is 1. The smallest absolute Gasteiger partial charge is 0.374 e. The number of esters is 1. The van der Waals surface area contributed by atoms with Gasteiger partial charge in [0.15, 0.2) is 0 Å². The number of para-hydroxylation sites is 1. The number of aryl methyl sites for hydroxylation is 1. The number of carbonyl (C=O) groups excluding carboxylic acids is 1. The van der Waals surface area contributed by atoms with Crippen LogP contribution >= 0.6 is 0 Å². The Kier molecular flexibility index (Phi) is 5.80. The number of nitrogens with zero attached hydrogens (tertiary/aromatic N) is 3. The number of fused-ring (bicyclic) bond motifs is 1. The van der Waals surface area contributed by atoms with Crippen LogP contribution in [0.3, 0.4) is 0 Å². The predicted molar refractivity (Wildman–Crippen MR) is 116 cm³/mol. The molecule has 9 heteroatoms. The van der Waals surface area contributed by atoms with Crippen LogP contribution in [0.2, 0.25) is 0 Å². The molecule has 4 aromatic rings. The van der Waals surface area contributed by atoms with Crippen LogP contribution in [0.15, 0.2) is 69.9 Å². The highest BCUT2D eigenvalue weighted by Gasteiger charge is 2.16. The molecule has 2 heterocycles. The molecule has 2 aromatic heterocycles. The normalized spacial score (nSPS) is 10.9. The molecule has 32 heavy (non-hydrogen) atoms. The summed E-state index contributed by atoms with van der Waals surface area (Å²) in [7, 11) is 0. The number of ether oxygens (including phenoxy) is 1. The van der Waals surface area contributed by atoms with Gasteiger partial charge in [0.2, 0.25) is 5.76 Å². The summed E-state index contributed by atoms with van der Waals surface area (Å²) >= 11 is 0. The first-order chi connectivity index (χ1) is 15.4. The Bertz CT molecular complexity index is 1370. The number of aromatic nitrogens is 2. The second-order valence-corrected chi connectivity index (χ2v) is 7.09. The molecule has 0 saturated heterocycles. The van der Waals surface area contributed by atoms with Crippen molar-refractivity contribution in [2.75, 3.05) is 6.61 Å². The third-order valence-electron chi connectivity index (χ3n) is 4.96. The molecule has 0 bridgehead atoms. The number of benzene rings is 2. The zero-order valence-corrected chi connectivity index (χ0v) is 17.2. The summed E-state index contributed by atoms with van der Waals surface area (Å²) < 4.78 is 12.3. The predicted octanol–water partition coefficient (Wildman–Crippen LogP) is 4.12. The molecular formula is C23H19N3O6. The largest absolute Gasteiger partial charge is 0.460 e. The van der Waals surface area contributed by atoms with Crippen molar-refractivity contribution in [1.82, 2.24) is 9.55 Å². The fourth-order valence-corrected chi connectivity index (χ4v) is 3.38. The number of carbonyl (C=O) groups is 1. The fraction of sp³-hybridized carbons (Fsp3) is 0.174. The molecule has 0 aliphatic rings. The van der Waals surface area contributed by atoms with E-state index in [0.29, 0.717) is 41.0 Å². The number of non-ortho nitro benzene ring substituents is 1. The first-order valence-electron chi connectivity index (χ1n) is 9.92. The number of hydrogen-bond acceptors (Lipinski definition) is 7. The maximum absolute atomic E-state index is 12.7.